The average Bonchev–Trinajstić information content (AvgIpc) is 2.96. The summed E-state index contributed by atoms with van der Waals surface area (Å²) in [5.74, 6) is 0.725. The molecule has 0 radical (unpaired) electrons. The zero-order valence-electron chi connectivity index (χ0n) is 23.4. The molecule has 0 aromatic heterocycles. The largest absolute Gasteiger partial charge is 0.494 e. The van der Waals surface area contributed by atoms with Gasteiger partial charge in [0.2, 0.25) is 11.8 Å². The van der Waals surface area contributed by atoms with Gasteiger partial charge in [-0.15, -0.1) is 0 Å². The van der Waals surface area contributed by atoms with Crippen molar-refractivity contribution in [3.8, 4) is 5.75 Å². The Morgan fingerprint density at radius 2 is 1.49 bits per heavy atom. The van der Waals surface area contributed by atoms with Crippen molar-refractivity contribution in [2.24, 2.45) is 0 Å². The fourth-order valence-corrected chi connectivity index (χ4v) is 5.18. The number of benzene rings is 3. The van der Waals surface area contributed by atoms with Gasteiger partial charge < -0.3 is 15.0 Å². The van der Waals surface area contributed by atoms with Crippen molar-refractivity contribution in [2.45, 2.75) is 83.8 Å². The quantitative estimate of drug-likeness (QED) is 0.272. The van der Waals surface area contributed by atoms with Crippen LogP contribution in [0.4, 0.5) is 0 Å². The Morgan fingerprint density at radius 1 is 0.846 bits per heavy atom. The number of amides is 2. The molecule has 1 fully saturated rings. The van der Waals surface area contributed by atoms with Gasteiger partial charge in [-0.25, -0.2) is 0 Å². The van der Waals surface area contributed by atoms with Gasteiger partial charge in [-0.05, 0) is 56.4 Å². The van der Waals surface area contributed by atoms with Crippen molar-refractivity contribution in [1.82, 2.24) is 10.2 Å². The van der Waals surface area contributed by atoms with Crippen molar-refractivity contribution in [1.29, 1.82) is 0 Å². The van der Waals surface area contributed by atoms with E-state index in [9.17, 15) is 9.59 Å². The van der Waals surface area contributed by atoms with E-state index in [0.717, 1.165) is 42.6 Å². The number of rotatable bonds is 12. The van der Waals surface area contributed by atoms with Crippen LogP contribution in [-0.4, -0.2) is 35.4 Å². The summed E-state index contributed by atoms with van der Waals surface area (Å²) in [6, 6.07) is 25.8. The Balaban J connectivity index is 1.51. The Morgan fingerprint density at radius 3 is 2.15 bits per heavy atom. The van der Waals surface area contributed by atoms with Gasteiger partial charge in [0, 0.05) is 25.4 Å². The number of nitrogens with one attached hydrogen (secondary N) is 1. The number of aryl methyl sites for hydroxylation is 2. The van der Waals surface area contributed by atoms with E-state index in [1.807, 2.05) is 61.5 Å². The van der Waals surface area contributed by atoms with Crippen LogP contribution >= 0.6 is 0 Å². The minimum Gasteiger partial charge on any atom is -0.494 e. The van der Waals surface area contributed by atoms with Crippen LogP contribution in [0.2, 0.25) is 0 Å². The van der Waals surface area contributed by atoms with E-state index in [1.165, 1.54) is 17.5 Å². The monoisotopic (exact) mass is 526 g/mol. The summed E-state index contributed by atoms with van der Waals surface area (Å²) < 4.78 is 5.88. The predicted octanol–water partition coefficient (Wildman–Crippen LogP) is 6.55. The molecule has 1 N–H and O–H groups in total. The molecule has 1 saturated carbocycles. The molecule has 0 spiro atoms. The molecule has 4 rings (SSSR count). The van der Waals surface area contributed by atoms with Crippen molar-refractivity contribution in [2.75, 3.05) is 6.61 Å². The molecular weight excluding hydrogens is 484 g/mol. The van der Waals surface area contributed by atoms with Crippen LogP contribution in [0.5, 0.6) is 5.75 Å². The number of nitrogens with zero attached hydrogens (tertiary/aromatic N) is 1. The summed E-state index contributed by atoms with van der Waals surface area (Å²) in [5, 5.41) is 3.31. The molecule has 39 heavy (non-hydrogen) atoms. The minimum atomic E-state index is -0.582. The van der Waals surface area contributed by atoms with Crippen LogP contribution in [0.3, 0.4) is 0 Å². The summed E-state index contributed by atoms with van der Waals surface area (Å²) >= 11 is 0. The first-order chi connectivity index (χ1) is 19.0. The number of carbonyl (C=O) groups excluding carboxylic acids is 2. The maximum atomic E-state index is 13.8. The third kappa shape index (κ3) is 8.98. The van der Waals surface area contributed by atoms with Gasteiger partial charge in [-0.3, -0.25) is 9.59 Å². The highest BCUT2D eigenvalue weighted by atomic mass is 16.5. The Bertz CT molecular complexity index is 1170. The second-order valence-corrected chi connectivity index (χ2v) is 10.8. The number of hydrogen-bond acceptors (Lipinski definition) is 3. The number of ether oxygens (including phenoxy) is 1. The molecule has 1 aliphatic carbocycles. The van der Waals surface area contributed by atoms with Crippen molar-refractivity contribution in [3.05, 3.63) is 101 Å². The first kappa shape index (κ1) is 28.4. The molecule has 0 saturated heterocycles. The second kappa shape index (κ2) is 14.5. The van der Waals surface area contributed by atoms with Crippen molar-refractivity contribution >= 4 is 11.8 Å². The standard InChI is InChI=1S/C34H42N2O3/c1-26-15-19-29(20-16-26)25-36(33(37)14-9-23-39-31-21-17-27(2)18-22-31)32(24-28-10-5-3-6-11-28)34(38)35-30-12-7-4-8-13-30/h3,5-6,10-11,15-22,30,32H,4,7-9,12-14,23-25H2,1-2H3,(H,35,38)/t32-/m1/s1. The summed E-state index contributed by atoms with van der Waals surface area (Å²) in [6.45, 7) is 4.94. The normalized spacial score (nSPS) is 14.4. The fourth-order valence-electron chi connectivity index (χ4n) is 5.18. The van der Waals surface area contributed by atoms with Crippen LogP contribution in [0.1, 0.15) is 67.2 Å². The molecule has 2 amide bonds. The lowest BCUT2D eigenvalue weighted by molar-refractivity contribution is -0.141. The topological polar surface area (TPSA) is 58.6 Å². The van der Waals surface area contributed by atoms with Crippen molar-refractivity contribution in [3.63, 3.8) is 0 Å². The average molecular weight is 527 g/mol. The zero-order chi connectivity index (χ0) is 27.5. The molecule has 0 heterocycles. The second-order valence-electron chi connectivity index (χ2n) is 10.8. The Hall–Kier alpha value is -3.60. The SMILES string of the molecule is Cc1ccc(CN(C(=O)CCCOc2ccc(C)cc2)[C@H](Cc2ccccc2)C(=O)NC2CCCCC2)cc1. The molecule has 0 unspecified atom stereocenters. The maximum Gasteiger partial charge on any atom is 0.243 e. The molecule has 3 aromatic rings. The summed E-state index contributed by atoms with van der Waals surface area (Å²) in [6.07, 6.45) is 6.90. The fraction of sp³-hybridized carbons (Fsp3) is 0.412. The lowest BCUT2D eigenvalue weighted by Gasteiger charge is -2.33. The molecule has 1 atom stereocenters. The third-order valence-corrected chi connectivity index (χ3v) is 7.52. The summed E-state index contributed by atoms with van der Waals surface area (Å²) in [4.78, 5) is 29.4. The molecule has 1 aliphatic rings. The van der Waals surface area contributed by atoms with Gasteiger partial charge in [0.05, 0.1) is 6.61 Å². The summed E-state index contributed by atoms with van der Waals surface area (Å²) in [7, 11) is 0. The van der Waals surface area contributed by atoms with Crippen LogP contribution in [0, 0.1) is 13.8 Å². The predicted molar refractivity (Wildman–Crippen MR) is 157 cm³/mol. The van der Waals surface area contributed by atoms with Gasteiger partial charge in [-0.1, -0.05) is 97.1 Å². The van der Waals surface area contributed by atoms with E-state index in [4.69, 9.17) is 4.74 Å². The van der Waals surface area contributed by atoms with E-state index >= 15 is 0 Å². The van der Waals surface area contributed by atoms with Gasteiger partial charge in [-0.2, -0.15) is 0 Å². The van der Waals surface area contributed by atoms with Crippen LogP contribution in [0.15, 0.2) is 78.9 Å². The Kier molecular flexibility index (Phi) is 10.6. The summed E-state index contributed by atoms with van der Waals surface area (Å²) in [5.41, 5.74) is 4.42. The van der Waals surface area contributed by atoms with E-state index in [1.54, 1.807) is 4.90 Å². The highest BCUT2D eigenvalue weighted by Crippen LogP contribution is 2.21. The van der Waals surface area contributed by atoms with E-state index in [2.05, 4.69) is 36.5 Å². The lowest BCUT2D eigenvalue weighted by atomic mass is 9.94. The first-order valence-corrected chi connectivity index (χ1v) is 14.4. The van der Waals surface area contributed by atoms with Crippen LogP contribution < -0.4 is 10.1 Å². The van der Waals surface area contributed by atoms with Crippen LogP contribution in [0.25, 0.3) is 0 Å². The smallest absolute Gasteiger partial charge is 0.243 e. The molecule has 3 aromatic carbocycles. The maximum absolute atomic E-state index is 13.8. The van der Waals surface area contributed by atoms with Gasteiger partial charge in [0.1, 0.15) is 11.8 Å². The zero-order valence-corrected chi connectivity index (χ0v) is 23.4. The van der Waals surface area contributed by atoms with Gasteiger partial charge >= 0.3 is 0 Å². The van der Waals surface area contributed by atoms with E-state index in [-0.39, 0.29) is 17.9 Å². The minimum absolute atomic E-state index is 0.0252. The molecular formula is C34H42N2O3. The third-order valence-electron chi connectivity index (χ3n) is 7.52. The molecule has 5 heteroatoms. The number of hydrogen-bond donors (Lipinski definition) is 1. The van der Waals surface area contributed by atoms with Crippen molar-refractivity contribution < 1.29 is 14.3 Å². The van der Waals surface area contributed by atoms with Gasteiger partial charge in [0.15, 0.2) is 0 Å². The highest BCUT2D eigenvalue weighted by Gasteiger charge is 2.31. The van der Waals surface area contributed by atoms with E-state index in [0.29, 0.717) is 32.4 Å². The first-order valence-electron chi connectivity index (χ1n) is 14.4. The van der Waals surface area contributed by atoms with E-state index < -0.39 is 6.04 Å². The molecule has 206 valence electrons. The molecule has 5 nitrogen and oxygen atoms in total. The lowest BCUT2D eigenvalue weighted by Crippen LogP contribution is -2.52. The molecule has 0 bridgehead atoms. The molecule has 0 aliphatic heterocycles. The van der Waals surface area contributed by atoms with Gasteiger partial charge in [0.25, 0.3) is 0 Å². The highest BCUT2D eigenvalue weighted by molar-refractivity contribution is 5.88. The number of carbonyl (C=O) groups is 2. The Labute approximate surface area is 233 Å². The van der Waals surface area contributed by atoms with Crippen LogP contribution in [-0.2, 0) is 22.6 Å².